The lowest BCUT2D eigenvalue weighted by atomic mass is 9.91. The molecule has 2 N–H and O–H groups in total. The van der Waals surface area contributed by atoms with E-state index >= 15 is 0 Å². The second-order valence-corrected chi connectivity index (χ2v) is 6.65. The third kappa shape index (κ3) is 4.24. The van der Waals surface area contributed by atoms with Crippen LogP contribution < -0.4 is 5.32 Å². The number of benzene rings is 1. The van der Waals surface area contributed by atoms with E-state index in [-0.39, 0.29) is 5.92 Å². The van der Waals surface area contributed by atoms with Crippen LogP contribution in [0.25, 0.3) is 0 Å². The van der Waals surface area contributed by atoms with E-state index in [1.54, 1.807) is 6.07 Å². The fourth-order valence-corrected chi connectivity index (χ4v) is 3.55. The van der Waals surface area contributed by atoms with Crippen molar-refractivity contribution in [3.05, 3.63) is 34.9 Å². The van der Waals surface area contributed by atoms with E-state index in [0.717, 1.165) is 30.2 Å². The van der Waals surface area contributed by atoms with Crippen LogP contribution in [0.5, 0.6) is 0 Å². The molecule has 1 atom stereocenters. The molecule has 1 aromatic rings. The molecule has 2 saturated heterocycles. The highest BCUT2D eigenvalue weighted by Gasteiger charge is 2.32. The molecule has 0 aliphatic carbocycles. The van der Waals surface area contributed by atoms with Gasteiger partial charge in [-0.25, -0.2) is 4.79 Å². The molecule has 138 valence electrons. The summed E-state index contributed by atoms with van der Waals surface area (Å²) >= 11 is 0. The SMILES string of the molecule is O=C(O)N1CCN(Cc2ccc(C(F)(F)F)cc2C2CCNC2)CC1. The number of carboxylic acid groups (broad SMARTS) is 1. The van der Waals surface area contributed by atoms with Crippen molar-refractivity contribution >= 4 is 6.09 Å². The first kappa shape index (κ1) is 18.0. The number of hydrogen-bond acceptors (Lipinski definition) is 3. The van der Waals surface area contributed by atoms with Gasteiger partial charge >= 0.3 is 12.3 Å². The molecule has 1 unspecified atom stereocenters. The summed E-state index contributed by atoms with van der Waals surface area (Å²) in [6, 6.07) is 4.02. The first-order chi connectivity index (χ1) is 11.8. The van der Waals surface area contributed by atoms with Gasteiger partial charge in [0.15, 0.2) is 0 Å². The lowest BCUT2D eigenvalue weighted by molar-refractivity contribution is -0.137. The van der Waals surface area contributed by atoms with E-state index in [0.29, 0.717) is 39.3 Å². The van der Waals surface area contributed by atoms with Crippen LogP contribution in [-0.4, -0.2) is 60.3 Å². The largest absolute Gasteiger partial charge is 0.465 e. The van der Waals surface area contributed by atoms with Crippen molar-refractivity contribution in [1.82, 2.24) is 15.1 Å². The van der Waals surface area contributed by atoms with Gasteiger partial charge in [0, 0.05) is 39.3 Å². The summed E-state index contributed by atoms with van der Waals surface area (Å²) in [6.45, 7) is 4.11. The van der Waals surface area contributed by atoms with Crippen LogP contribution in [0.2, 0.25) is 0 Å². The van der Waals surface area contributed by atoms with Gasteiger partial charge in [-0.2, -0.15) is 13.2 Å². The van der Waals surface area contributed by atoms with E-state index in [9.17, 15) is 18.0 Å². The maximum atomic E-state index is 13.1. The van der Waals surface area contributed by atoms with Crippen LogP contribution in [-0.2, 0) is 12.7 Å². The lowest BCUT2D eigenvalue weighted by Gasteiger charge is -2.33. The van der Waals surface area contributed by atoms with Crippen molar-refractivity contribution in [2.24, 2.45) is 0 Å². The Bertz CT molecular complexity index is 622. The number of hydrogen-bond donors (Lipinski definition) is 2. The number of nitrogens with zero attached hydrogens (tertiary/aromatic N) is 2. The van der Waals surface area contributed by atoms with Crippen molar-refractivity contribution < 1.29 is 23.1 Å². The summed E-state index contributed by atoms with van der Waals surface area (Å²) in [5.74, 6) is 0.0950. The summed E-state index contributed by atoms with van der Waals surface area (Å²) in [6.07, 6.45) is -4.43. The van der Waals surface area contributed by atoms with Crippen molar-refractivity contribution in [1.29, 1.82) is 0 Å². The summed E-state index contributed by atoms with van der Waals surface area (Å²) in [5.41, 5.74) is 1.07. The van der Waals surface area contributed by atoms with Gasteiger partial charge in [0.25, 0.3) is 0 Å². The standard InChI is InChI=1S/C17H22F3N3O2/c18-17(19,20)14-2-1-13(15(9-14)12-3-4-21-10-12)11-22-5-7-23(8-6-22)16(24)25/h1-2,9,12,21H,3-8,10-11H2,(H,24,25). The first-order valence-electron chi connectivity index (χ1n) is 8.45. The Kier molecular flexibility index (Phi) is 5.19. The molecule has 0 bridgehead atoms. The monoisotopic (exact) mass is 357 g/mol. The van der Waals surface area contributed by atoms with Gasteiger partial charge in [0.1, 0.15) is 0 Å². The Labute approximate surface area is 144 Å². The average molecular weight is 357 g/mol. The number of carbonyl (C=O) groups is 1. The van der Waals surface area contributed by atoms with Crippen molar-refractivity contribution in [3.63, 3.8) is 0 Å². The van der Waals surface area contributed by atoms with Crippen LogP contribution in [0.4, 0.5) is 18.0 Å². The molecular weight excluding hydrogens is 335 g/mol. The predicted molar refractivity (Wildman–Crippen MR) is 86.5 cm³/mol. The normalized spacial score (nSPS) is 22.4. The quantitative estimate of drug-likeness (QED) is 0.873. The molecule has 0 spiro atoms. The molecular formula is C17H22F3N3O2. The van der Waals surface area contributed by atoms with Gasteiger partial charge in [-0.05, 0) is 42.1 Å². The Morgan fingerprint density at radius 3 is 2.52 bits per heavy atom. The minimum Gasteiger partial charge on any atom is -0.465 e. The third-order valence-corrected chi connectivity index (χ3v) is 5.01. The molecule has 0 radical (unpaired) electrons. The highest BCUT2D eigenvalue weighted by Crippen LogP contribution is 2.34. The number of halogens is 3. The van der Waals surface area contributed by atoms with Crippen molar-refractivity contribution in [3.8, 4) is 0 Å². The highest BCUT2D eigenvalue weighted by molar-refractivity contribution is 5.65. The van der Waals surface area contributed by atoms with Gasteiger partial charge in [-0.1, -0.05) is 6.07 Å². The zero-order valence-electron chi connectivity index (χ0n) is 13.9. The summed E-state index contributed by atoms with van der Waals surface area (Å²) in [4.78, 5) is 14.4. The van der Waals surface area contributed by atoms with Crippen LogP contribution in [0.15, 0.2) is 18.2 Å². The maximum Gasteiger partial charge on any atom is 0.416 e. The Balaban J connectivity index is 1.77. The molecule has 2 heterocycles. The zero-order chi connectivity index (χ0) is 18.0. The number of piperazine rings is 1. The molecule has 1 amide bonds. The molecule has 5 nitrogen and oxygen atoms in total. The number of nitrogens with one attached hydrogen (secondary N) is 1. The number of rotatable bonds is 3. The van der Waals surface area contributed by atoms with Crippen LogP contribution in [0.3, 0.4) is 0 Å². The molecule has 2 fully saturated rings. The molecule has 0 saturated carbocycles. The second kappa shape index (κ2) is 7.21. The minimum atomic E-state index is -4.34. The lowest BCUT2D eigenvalue weighted by Crippen LogP contribution is -2.47. The van der Waals surface area contributed by atoms with E-state index in [2.05, 4.69) is 10.2 Å². The smallest absolute Gasteiger partial charge is 0.416 e. The van der Waals surface area contributed by atoms with E-state index in [1.807, 2.05) is 0 Å². The maximum absolute atomic E-state index is 13.1. The van der Waals surface area contributed by atoms with Crippen LogP contribution in [0.1, 0.15) is 29.0 Å². The fourth-order valence-electron chi connectivity index (χ4n) is 3.55. The van der Waals surface area contributed by atoms with Gasteiger partial charge < -0.3 is 15.3 Å². The fraction of sp³-hybridized carbons (Fsp3) is 0.588. The Hall–Kier alpha value is -1.80. The minimum absolute atomic E-state index is 0.0950. The van der Waals surface area contributed by atoms with Gasteiger partial charge in [-0.3, -0.25) is 4.90 Å². The zero-order valence-corrected chi connectivity index (χ0v) is 13.9. The molecule has 0 aromatic heterocycles. The van der Waals surface area contributed by atoms with Crippen LogP contribution >= 0.6 is 0 Å². The van der Waals surface area contributed by atoms with Gasteiger partial charge in [0.05, 0.1) is 5.56 Å². The molecule has 2 aliphatic rings. The van der Waals surface area contributed by atoms with E-state index in [1.165, 1.54) is 11.0 Å². The molecule has 2 aliphatic heterocycles. The van der Waals surface area contributed by atoms with Gasteiger partial charge in [0.2, 0.25) is 0 Å². The van der Waals surface area contributed by atoms with Crippen LogP contribution in [0, 0.1) is 0 Å². The number of alkyl halides is 3. The summed E-state index contributed by atoms with van der Waals surface area (Å²) in [5, 5.41) is 12.2. The Morgan fingerprint density at radius 2 is 1.96 bits per heavy atom. The van der Waals surface area contributed by atoms with Crippen molar-refractivity contribution in [2.45, 2.75) is 25.1 Å². The molecule has 3 rings (SSSR count). The second-order valence-electron chi connectivity index (χ2n) is 6.65. The van der Waals surface area contributed by atoms with E-state index in [4.69, 9.17) is 5.11 Å². The Morgan fingerprint density at radius 1 is 1.24 bits per heavy atom. The summed E-state index contributed by atoms with van der Waals surface area (Å²) < 4.78 is 39.2. The van der Waals surface area contributed by atoms with Crippen molar-refractivity contribution in [2.75, 3.05) is 39.3 Å². The molecule has 25 heavy (non-hydrogen) atoms. The molecule has 1 aromatic carbocycles. The third-order valence-electron chi connectivity index (χ3n) is 5.01. The molecule has 8 heteroatoms. The summed E-state index contributed by atoms with van der Waals surface area (Å²) in [7, 11) is 0. The topological polar surface area (TPSA) is 55.8 Å². The van der Waals surface area contributed by atoms with Gasteiger partial charge in [-0.15, -0.1) is 0 Å². The van der Waals surface area contributed by atoms with E-state index < -0.39 is 17.8 Å². The highest BCUT2D eigenvalue weighted by atomic mass is 19.4. The number of amides is 1. The predicted octanol–water partition coefficient (Wildman–Crippen LogP) is 2.58. The average Bonchev–Trinajstić information content (AvgIpc) is 3.09. The first-order valence-corrected chi connectivity index (χ1v) is 8.45.